The highest BCUT2D eigenvalue weighted by Gasteiger charge is 2.21. The summed E-state index contributed by atoms with van der Waals surface area (Å²) in [5, 5.41) is -2.38. The van der Waals surface area contributed by atoms with Gasteiger partial charge in [0.05, 0.1) is 43.9 Å². The van der Waals surface area contributed by atoms with Gasteiger partial charge in [0, 0.05) is 44.3 Å². The SMILES string of the molecule is [2H]c1c([2H])c(-c2c([2H])c([2H])c3c(oc4c([2H])c([2H])c([2H])c(-c5nc(-c6ccccc6)nc(C6C=CC=CC6)n5)c43)c2[2H])c([2H])c([2H])c1-c1c([2H])c([2H])c(-n2c3c([2H])c([2H])c([2H])c([2H])c3c3c([2H])c4c([2H])c([2H])c([2H])c([2H])c4c([2H])c32)c([2H])c1[2H]. The van der Waals surface area contributed by atoms with Crippen molar-refractivity contribution in [2.75, 3.05) is 0 Å². The van der Waals surface area contributed by atoms with Crippen molar-refractivity contribution in [3.05, 3.63) is 205 Å². The smallest absolute Gasteiger partial charge is 0.164 e. The average molecular weight is 793 g/mol. The van der Waals surface area contributed by atoms with Crippen molar-refractivity contribution in [3.8, 4) is 50.7 Å². The molecule has 0 bridgehead atoms. The van der Waals surface area contributed by atoms with Crippen LogP contribution in [0.3, 0.4) is 0 Å². The quantitative estimate of drug-likeness (QED) is 0.168. The average Bonchev–Trinajstić information content (AvgIpc) is 1.56. The molecule has 0 fully saturated rings. The van der Waals surface area contributed by atoms with Crippen LogP contribution in [0.15, 0.2) is 204 Å². The molecule has 3 heterocycles. The molecule has 0 saturated carbocycles. The molecular formula is C55H36N4O. The van der Waals surface area contributed by atoms with Crippen molar-refractivity contribution in [2.45, 2.75) is 12.3 Å². The monoisotopic (exact) mass is 792 g/mol. The molecule has 0 N–H and O–H groups in total. The summed E-state index contributed by atoms with van der Waals surface area (Å²) in [5.41, 5.74) is -5.46. The van der Waals surface area contributed by atoms with Crippen LogP contribution in [0.25, 0.3) is 105 Å². The third-order valence-corrected chi connectivity index (χ3v) is 10.0. The van der Waals surface area contributed by atoms with E-state index < -0.39 is 217 Å². The van der Waals surface area contributed by atoms with Crippen LogP contribution in [0.5, 0.6) is 0 Å². The molecule has 1 unspecified atom stereocenters. The Kier molecular flexibility index (Phi) is 4.15. The summed E-state index contributed by atoms with van der Waals surface area (Å²) < 4.78 is 226. The van der Waals surface area contributed by atoms with Crippen molar-refractivity contribution in [1.82, 2.24) is 19.5 Å². The summed E-state index contributed by atoms with van der Waals surface area (Å²) in [6.45, 7) is 0. The Labute approximate surface area is 380 Å². The second-order valence-corrected chi connectivity index (χ2v) is 13.6. The van der Waals surface area contributed by atoms with E-state index in [1.54, 1.807) is 30.3 Å². The van der Waals surface area contributed by atoms with Gasteiger partial charge >= 0.3 is 0 Å². The topological polar surface area (TPSA) is 56.7 Å². The summed E-state index contributed by atoms with van der Waals surface area (Å²) in [7, 11) is 0. The highest BCUT2D eigenvalue weighted by Crippen LogP contribution is 2.39. The van der Waals surface area contributed by atoms with Gasteiger partial charge in [-0.3, -0.25) is 0 Å². The van der Waals surface area contributed by atoms with E-state index in [-0.39, 0.29) is 39.7 Å². The predicted molar refractivity (Wildman–Crippen MR) is 246 cm³/mol. The van der Waals surface area contributed by atoms with Crippen LogP contribution in [0.1, 0.15) is 51.1 Å². The first-order chi connectivity index (χ1) is 39.8. The zero-order valence-corrected chi connectivity index (χ0v) is 30.7. The summed E-state index contributed by atoms with van der Waals surface area (Å²) in [6.07, 6.45) is 7.98. The number of furan rings is 1. The van der Waals surface area contributed by atoms with E-state index >= 15 is 0 Å². The molecule has 0 radical (unpaired) electrons. The first kappa shape index (κ1) is 17.9. The minimum Gasteiger partial charge on any atom is -0.456 e. The van der Waals surface area contributed by atoms with Gasteiger partial charge in [0.25, 0.3) is 0 Å². The Morgan fingerprint density at radius 1 is 0.533 bits per heavy atom. The van der Waals surface area contributed by atoms with E-state index in [0.29, 0.717) is 12.0 Å². The maximum absolute atomic E-state index is 9.55. The minimum atomic E-state index is -1.03. The van der Waals surface area contributed by atoms with Gasteiger partial charge in [0.2, 0.25) is 0 Å². The molecule has 60 heavy (non-hydrogen) atoms. The molecule has 1 atom stereocenters. The second kappa shape index (κ2) is 13.9. The van der Waals surface area contributed by atoms with E-state index in [0.717, 1.165) is 4.57 Å². The van der Waals surface area contributed by atoms with E-state index in [1.165, 1.54) is 0 Å². The molecule has 12 rings (SSSR count). The lowest BCUT2D eigenvalue weighted by Gasteiger charge is -2.14. The number of hydrogen-bond donors (Lipinski definition) is 0. The standard InChI is InChI=1S/C55H36N4O/c1-3-12-38(13-4-1)53-56-54(39-14-5-2-6-15-39)58-55(57-53)46-19-11-21-50-52(46)45-31-28-42(34-51(45)60-50)37-24-22-35(23-25-37)36-26-29-43(30-27-36)59-48-20-10-9-18-44(48)47-32-40-16-7-8-17-41(40)33-49(47)59/h1-14,16-34,39H,15H2/i7D,8D,9D,10D,11D,16D,17D,18D,19D,20D,21D,22D,23D,24D,25D,26D,27D,28D,29D,30D,31D,32D,33D,34D. The fourth-order valence-corrected chi connectivity index (χ4v) is 7.21. The molecule has 1 aliphatic carbocycles. The molecule has 0 aliphatic heterocycles. The van der Waals surface area contributed by atoms with Gasteiger partial charge in [-0.1, -0.05) is 151 Å². The third kappa shape index (κ3) is 5.74. The number of benzene rings is 8. The van der Waals surface area contributed by atoms with Crippen LogP contribution in [0, 0.1) is 0 Å². The molecule has 5 nitrogen and oxygen atoms in total. The number of allylic oxidation sites excluding steroid dienone is 4. The number of aromatic nitrogens is 4. The van der Waals surface area contributed by atoms with E-state index in [9.17, 15) is 19.2 Å². The van der Waals surface area contributed by atoms with E-state index in [4.69, 9.17) is 33.1 Å². The van der Waals surface area contributed by atoms with Crippen LogP contribution in [0.2, 0.25) is 0 Å². The number of rotatable bonds is 6. The molecule has 0 saturated heterocycles. The molecule has 0 amide bonds. The lowest BCUT2D eigenvalue weighted by atomic mass is 9.98. The fraction of sp³-hybridized carbons (Fsp3) is 0.0364. The molecule has 11 aromatic rings. The lowest BCUT2D eigenvalue weighted by molar-refractivity contribution is 0.669. The molecule has 3 aromatic heterocycles. The molecule has 1 aliphatic rings. The van der Waals surface area contributed by atoms with Gasteiger partial charge in [-0.25, -0.2) is 15.0 Å². The summed E-state index contributed by atoms with van der Waals surface area (Å²) >= 11 is 0. The first-order valence-corrected chi connectivity index (χ1v) is 18.5. The van der Waals surface area contributed by atoms with Crippen molar-refractivity contribution in [2.24, 2.45) is 0 Å². The molecule has 5 heteroatoms. The number of fused-ring (bicyclic) bond motifs is 7. The van der Waals surface area contributed by atoms with Gasteiger partial charge in [-0.05, 0) is 87.8 Å². The van der Waals surface area contributed by atoms with Crippen LogP contribution in [-0.4, -0.2) is 19.5 Å². The maximum Gasteiger partial charge on any atom is 0.164 e. The van der Waals surface area contributed by atoms with Crippen molar-refractivity contribution in [1.29, 1.82) is 0 Å². The zero-order chi connectivity index (χ0) is 60.5. The van der Waals surface area contributed by atoms with E-state index in [1.807, 2.05) is 24.3 Å². The highest BCUT2D eigenvalue weighted by atomic mass is 16.3. The van der Waals surface area contributed by atoms with Gasteiger partial charge in [0.1, 0.15) is 17.0 Å². The predicted octanol–water partition coefficient (Wildman–Crippen LogP) is 14.3. The van der Waals surface area contributed by atoms with Crippen LogP contribution in [-0.2, 0) is 0 Å². The number of nitrogens with zero attached hydrogens (tertiary/aromatic N) is 4. The summed E-state index contributed by atoms with van der Waals surface area (Å²) in [4.78, 5) is 14.2. The summed E-state index contributed by atoms with van der Waals surface area (Å²) in [6, 6.07) is -11.2. The molecule has 8 aromatic carbocycles. The van der Waals surface area contributed by atoms with Gasteiger partial charge in [-0.15, -0.1) is 0 Å². The molecule has 282 valence electrons. The molecule has 0 spiro atoms. The van der Waals surface area contributed by atoms with Crippen molar-refractivity contribution < 1.29 is 37.3 Å². The normalized spacial score (nSPS) is 19.6. The van der Waals surface area contributed by atoms with Gasteiger partial charge < -0.3 is 8.98 Å². The lowest BCUT2D eigenvalue weighted by Crippen LogP contribution is -2.07. The Hall–Kier alpha value is -7.89. The Morgan fingerprint density at radius 3 is 2.05 bits per heavy atom. The second-order valence-electron chi connectivity index (χ2n) is 13.6. The molecular weight excluding hydrogens is 733 g/mol. The number of para-hydroxylation sites is 1. The van der Waals surface area contributed by atoms with Crippen LogP contribution >= 0.6 is 0 Å². The highest BCUT2D eigenvalue weighted by molar-refractivity contribution is 6.14. The zero-order valence-electron chi connectivity index (χ0n) is 54.7. The fourth-order valence-electron chi connectivity index (χ4n) is 7.21. The van der Waals surface area contributed by atoms with Gasteiger partial charge in [-0.2, -0.15) is 0 Å². The van der Waals surface area contributed by atoms with E-state index in [2.05, 4.69) is 0 Å². The minimum absolute atomic E-state index is 0.148. The maximum atomic E-state index is 9.55. The Morgan fingerprint density at radius 2 is 1.25 bits per heavy atom. The summed E-state index contributed by atoms with van der Waals surface area (Å²) in [5.74, 6) is -0.0206. The van der Waals surface area contributed by atoms with Crippen LogP contribution in [0.4, 0.5) is 0 Å². The Bertz CT molecular complexity index is 4880. The largest absolute Gasteiger partial charge is 0.456 e. The number of hydrogen-bond acceptors (Lipinski definition) is 4. The van der Waals surface area contributed by atoms with Crippen LogP contribution < -0.4 is 0 Å². The van der Waals surface area contributed by atoms with Gasteiger partial charge in [0.15, 0.2) is 11.6 Å². The third-order valence-electron chi connectivity index (χ3n) is 10.0. The Balaban J connectivity index is 1.08. The first-order valence-electron chi connectivity index (χ1n) is 30.5. The van der Waals surface area contributed by atoms with Crippen molar-refractivity contribution >= 4 is 54.5 Å². The van der Waals surface area contributed by atoms with Crippen molar-refractivity contribution in [3.63, 3.8) is 0 Å².